The molecule has 2 heterocycles. The summed E-state index contributed by atoms with van der Waals surface area (Å²) < 4.78 is 0. The molecule has 1 unspecified atom stereocenters. The Hall–Kier alpha value is -1.91. The molecule has 90 valence electrons. The fourth-order valence-electron chi connectivity index (χ4n) is 1.81. The summed E-state index contributed by atoms with van der Waals surface area (Å²) in [5.41, 5.74) is 1.75. The molecule has 1 aliphatic heterocycles. The Kier molecular flexibility index (Phi) is 3.37. The van der Waals surface area contributed by atoms with E-state index in [0.29, 0.717) is 13.1 Å². The lowest BCUT2D eigenvalue weighted by Crippen LogP contribution is -2.31. The van der Waals surface area contributed by atoms with E-state index in [9.17, 15) is 9.59 Å². The van der Waals surface area contributed by atoms with E-state index >= 15 is 0 Å². The number of carbonyl (C=O) groups excluding carboxylic acids is 2. The van der Waals surface area contributed by atoms with E-state index in [0.717, 1.165) is 11.4 Å². The molecule has 1 atom stereocenters. The molecule has 0 saturated carbocycles. The Bertz CT molecular complexity index is 445. The third-order valence-electron chi connectivity index (χ3n) is 2.74. The quantitative estimate of drug-likeness (QED) is 0.780. The van der Waals surface area contributed by atoms with Gasteiger partial charge in [0.05, 0.1) is 18.2 Å². The maximum Gasteiger partial charge on any atom is 0.225 e. The SMILES string of the molecule is Cc1cccc(CNC(=O)C2CNC(=O)C2)n1. The first-order valence-electron chi connectivity index (χ1n) is 5.62. The van der Waals surface area contributed by atoms with Crippen LogP contribution in [0.1, 0.15) is 17.8 Å². The van der Waals surface area contributed by atoms with E-state index in [2.05, 4.69) is 15.6 Å². The molecule has 5 nitrogen and oxygen atoms in total. The van der Waals surface area contributed by atoms with Crippen molar-refractivity contribution in [2.45, 2.75) is 19.9 Å². The highest BCUT2D eigenvalue weighted by Crippen LogP contribution is 2.08. The van der Waals surface area contributed by atoms with Gasteiger partial charge in [0.1, 0.15) is 0 Å². The first-order chi connectivity index (χ1) is 8.15. The number of hydrogen-bond donors (Lipinski definition) is 2. The molecule has 2 rings (SSSR count). The van der Waals surface area contributed by atoms with Crippen LogP contribution in [0.4, 0.5) is 0 Å². The minimum Gasteiger partial charge on any atom is -0.355 e. The molecular formula is C12H15N3O2. The lowest BCUT2D eigenvalue weighted by Gasteiger charge is -2.08. The highest BCUT2D eigenvalue weighted by atomic mass is 16.2. The highest BCUT2D eigenvalue weighted by Gasteiger charge is 2.27. The molecule has 0 spiro atoms. The zero-order valence-corrected chi connectivity index (χ0v) is 9.69. The zero-order chi connectivity index (χ0) is 12.3. The summed E-state index contributed by atoms with van der Waals surface area (Å²) in [6.45, 7) is 2.75. The largest absolute Gasteiger partial charge is 0.355 e. The van der Waals surface area contributed by atoms with Gasteiger partial charge in [-0.1, -0.05) is 6.07 Å². The maximum absolute atomic E-state index is 11.7. The number of nitrogens with one attached hydrogen (secondary N) is 2. The van der Waals surface area contributed by atoms with Crippen molar-refractivity contribution in [1.29, 1.82) is 0 Å². The van der Waals surface area contributed by atoms with E-state index in [4.69, 9.17) is 0 Å². The molecule has 1 fully saturated rings. The van der Waals surface area contributed by atoms with Crippen molar-refractivity contribution in [2.75, 3.05) is 6.54 Å². The van der Waals surface area contributed by atoms with Crippen LogP contribution in [0.2, 0.25) is 0 Å². The van der Waals surface area contributed by atoms with Crippen LogP contribution in [-0.4, -0.2) is 23.3 Å². The number of carbonyl (C=O) groups is 2. The second-order valence-electron chi connectivity index (χ2n) is 4.19. The summed E-state index contributed by atoms with van der Waals surface area (Å²) in [6, 6.07) is 5.68. The maximum atomic E-state index is 11.7. The molecule has 1 aromatic heterocycles. The number of aryl methyl sites for hydroxylation is 1. The monoisotopic (exact) mass is 233 g/mol. The fourth-order valence-corrected chi connectivity index (χ4v) is 1.81. The summed E-state index contributed by atoms with van der Waals surface area (Å²) in [5, 5.41) is 5.44. The normalized spacial score (nSPS) is 18.9. The molecule has 0 aliphatic carbocycles. The summed E-state index contributed by atoms with van der Waals surface area (Å²) in [5.74, 6) is -0.391. The van der Waals surface area contributed by atoms with E-state index in [-0.39, 0.29) is 24.2 Å². The van der Waals surface area contributed by atoms with Crippen LogP contribution in [0, 0.1) is 12.8 Å². The topological polar surface area (TPSA) is 71.1 Å². The Labute approximate surface area is 99.6 Å². The van der Waals surface area contributed by atoms with E-state index < -0.39 is 0 Å². The molecule has 17 heavy (non-hydrogen) atoms. The van der Waals surface area contributed by atoms with Crippen molar-refractivity contribution in [2.24, 2.45) is 5.92 Å². The Morgan fingerprint density at radius 1 is 1.59 bits per heavy atom. The minimum atomic E-state index is -0.243. The Morgan fingerprint density at radius 3 is 3.06 bits per heavy atom. The van der Waals surface area contributed by atoms with Crippen molar-refractivity contribution in [3.05, 3.63) is 29.6 Å². The molecular weight excluding hydrogens is 218 g/mol. The van der Waals surface area contributed by atoms with Crippen molar-refractivity contribution >= 4 is 11.8 Å². The van der Waals surface area contributed by atoms with Gasteiger partial charge in [-0.3, -0.25) is 14.6 Å². The first-order valence-corrected chi connectivity index (χ1v) is 5.62. The predicted molar refractivity (Wildman–Crippen MR) is 61.9 cm³/mol. The lowest BCUT2D eigenvalue weighted by atomic mass is 10.1. The second kappa shape index (κ2) is 4.95. The van der Waals surface area contributed by atoms with Gasteiger partial charge in [0.15, 0.2) is 0 Å². The van der Waals surface area contributed by atoms with Gasteiger partial charge < -0.3 is 10.6 Å². The summed E-state index contributed by atoms with van der Waals surface area (Å²) in [4.78, 5) is 27.0. The van der Waals surface area contributed by atoms with Gasteiger partial charge in [0.25, 0.3) is 0 Å². The average molecular weight is 233 g/mol. The first kappa shape index (κ1) is 11.6. The molecule has 5 heteroatoms. The molecule has 1 aliphatic rings. The van der Waals surface area contributed by atoms with Gasteiger partial charge in [-0.15, -0.1) is 0 Å². The third-order valence-corrected chi connectivity index (χ3v) is 2.74. The van der Waals surface area contributed by atoms with Crippen molar-refractivity contribution < 1.29 is 9.59 Å². The van der Waals surface area contributed by atoms with Gasteiger partial charge in [0, 0.05) is 18.7 Å². The molecule has 0 radical (unpaired) electrons. The lowest BCUT2D eigenvalue weighted by molar-refractivity contribution is -0.126. The van der Waals surface area contributed by atoms with Crippen molar-refractivity contribution in [1.82, 2.24) is 15.6 Å². The smallest absolute Gasteiger partial charge is 0.225 e. The highest BCUT2D eigenvalue weighted by molar-refractivity contribution is 5.89. The van der Waals surface area contributed by atoms with Gasteiger partial charge in [0.2, 0.25) is 11.8 Å². The average Bonchev–Trinajstić information content (AvgIpc) is 2.73. The van der Waals surface area contributed by atoms with Crippen LogP contribution in [-0.2, 0) is 16.1 Å². The standard InChI is InChI=1S/C12H15N3O2/c1-8-3-2-4-10(15-8)7-14-12(17)9-5-11(16)13-6-9/h2-4,9H,5-7H2,1H3,(H,13,16)(H,14,17). The number of amides is 2. The number of pyridine rings is 1. The van der Waals surface area contributed by atoms with Crippen LogP contribution in [0.3, 0.4) is 0 Å². The van der Waals surface area contributed by atoms with Crippen LogP contribution in [0.15, 0.2) is 18.2 Å². The molecule has 2 N–H and O–H groups in total. The van der Waals surface area contributed by atoms with Crippen molar-refractivity contribution in [3.63, 3.8) is 0 Å². The van der Waals surface area contributed by atoms with Gasteiger partial charge in [-0.05, 0) is 19.1 Å². The molecule has 2 amide bonds. The zero-order valence-electron chi connectivity index (χ0n) is 9.69. The summed E-state index contributed by atoms with van der Waals surface area (Å²) in [6.07, 6.45) is 0.285. The number of hydrogen-bond acceptors (Lipinski definition) is 3. The second-order valence-corrected chi connectivity index (χ2v) is 4.19. The van der Waals surface area contributed by atoms with Gasteiger partial charge in [-0.25, -0.2) is 0 Å². The molecule has 0 aromatic carbocycles. The van der Waals surface area contributed by atoms with Crippen LogP contribution >= 0.6 is 0 Å². The minimum absolute atomic E-state index is 0.0566. The van der Waals surface area contributed by atoms with Crippen molar-refractivity contribution in [3.8, 4) is 0 Å². The molecule has 0 bridgehead atoms. The van der Waals surface area contributed by atoms with E-state index in [1.54, 1.807) is 0 Å². The molecule has 1 aromatic rings. The molecule has 1 saturated heterocycles. The van der Waals surface area contributed by atoms with Crippen LogP contribution < -0.4 is 10.6 Å². The van der Waals surface area contributed by atoms with Gasteiger partial charge in [-0.2, -0.15) is 0 Å². The van der Waals surface area contributed by atoms with E-state index in [1.807, 2.05) is 25.1 Å². The Morgan fingerprint density at radius 2 is 2.41 bits per heavy atom. The van der Waals surface area contributed by atoms with Gasteiger partial charge >= 0.3 is 0 Å². The summed E-state index contributed by atoms with van der Waals surface area (Å²) >= 11 is 0. The summed E-state index contributed by atoms with van der Waals surface area (Å²) in [7, 11) is 0. The van der Waals surface area contributed by atoms with Crippen LogP contribution in [0.5, 0.6) is 0 Å². The van der Waals surface area contributed by atoms with E-state index in [1.165, 1.54) is 0 Å². The predicted octanol–water partition coefficient (Wildman–Crippen LogP) is 0.142. The Balaban J connectivity index is 1.86. The third kappa shape index (κ3) is 3.03. The number of aromatic nitrogens is 1. The van der Waals surface area contributed by atoms with Crippen LogP contribution in [0.25, 0.3) is 0 Å². The fraction of sp³-hybridized carbons (Fsp3) is 0.417. The number of rotatable bonds is 3. The number of nitrogens with zero attached hydrogens (tertiary/aromatic N) is 1.